The second-order valence-corrected chi connectivity index (χ2v) is 8.74. The van der Waals surface area contributed by atoms with Gasteiger partial charge in [-0.3, -0.25) is 9.59 Å². The van der Waals surface area contributed by atoms with Crippen LogP contribution in [0.1, 0.15) is 65.2 Å². The number of carbonyl (C=O) groups excluding carboxylic acids is 2. The predicted octanol–water partition coefficient (Wildman–Crippen LogP) is 2.87. The molecule has 0 saturated heterocycles. The Bertz CT molecular complexity index is 423. The summed E-state index contributed by atoms with van der Waals surface area (Å²) < 4.78 is 0. The van der Waals surface area contributed by atoms with Crippen molar-refractivity contribution in [2.24, 2.45) is 29.1 Å². The molecule has 130 valence electrons. The smallest absolute Gasteiger partial charge is 0.226 e. The maximum absolute atomic E-state index is 12.7. The van der Waals surface area contributed by atoms with Gasteiger partial charge in [-0.25, -0.2) is 0 Å². The molecule has 4 saturated carbocycles. The highest BCUT2D eigenvalue weighted by Crippen LogP contribution is 2.60. The highest BCUT2D eigenvalue weighted by molar-refractivity contribution is 5.84. The maximum atomic E-state index is 12.7. The Hall–Kier alpha value is -1.06. The van der Waals surface area contributed by atoms with Gasteiger partial charge in [-0.15, -0.1) is 0 Å². The van der Waals surface area contributed by atoms with Crippen molar-refractivity contribution in [3.63, 3.8) is 0 Å². The van der Waals surface area contributed by atoms with Crippen LogP contribution in [0.15, 0.2) is 0 Å². The zero-order chi connectivity index (χ0) is 16.4. The average Bonchev–Trinajstić information content (AvgIpc) is 2.45. The summed E-state index contributed by atoms with van der Waals surface area (Å²) in [6, 6.07) is 0. The van der Waals surface area contributed by atoms with E-state index >= 15 is 0 Å². The van der Waals surface area contributed by atoms with Gasteiger partial charge in [0, 0.05) is 24.9 Å². The molecular formula is C19H32N2O2. The van der Waals surface area contributed by atoms with Crippen molar-refractivity contribution >= 4 is 11.8 Å². The Labute approximate surface area is 140 Å². The molecule has 4 bridgehead atoms. The minimum Gasteiger partial charge on any atom is -0.356 e. The fourth-order valence-corrected chi connectivity index (χ4v) is 5.45. The number of amides is 2. The largest absolute Gasteiger partial charge is 0.356 e. The molecule has 23 heavy (non-hydrogen) atoms. The van der Waals surface area contributed by atoms with Crippen molar-refractivity contribution in [1.82, 2.24) is 10.6 Å². The molecule has 4 rings (SSSR count). The van der Waals surface area contributed by atoms with E-state index in [0.717, 1.165) is 50.0 Å². The Morgan fingerprint density at radius 2 is 1.52 bits per heavy atom. The van der Waals surface area contributed by atoms with E-state index in [1.807, 2.05) is 0 Å². The van der Waals surface area contributed by atoms with E-state index in [1.54, 1.807) is 0 Å². The number of nitrogens with one attached hydrogen (secondary N) is 2. The van der Waals surface area contributed by atoms with E-state index in [2.05, 4.69) is 24.5 Å². The van der Waals surface area contributed by atoms with E-state index in [1.165, 1.54) is 19.3 Å². The predicted molar refractivity (Wildman–Crippen MR) is 90.7 cm³/mol. The summed E-state index contributed by atoms with van der Waals surface area (Å²) in [5, 5.41) is 6.00. The van der Waals surface area contributed by atoms with E-state index in [0.29, 0.717) is 18.9 Å². The second kappa shape index (κ2) is 6.82. The molecule has 0 heterocycles. The summed E-state index contributed by atoms with van der Waals surface area (Å²) >= 11 is 0. The van der Waals surface area contributed by atoms with Gasteiger partial charge in [0.1, 0.15) is 0 Å². The van der Waals surface area contributed by atoms with Gasteiger partial charge < -0.3 is 10.6 Å². The van der Waals surface area contributed by atoms with Crippen molar-refractivity contribution < 1.29 is 9.59 Å². The first kappa shape index (κ1) is 16.8. The number of hydrogen-bond acceptors (Lipinski definition) is 2. The van der Waals surface area contributed by atoms with Gasteiger partial charge in [-0.05, 0) is 68.6 Å². The molecule has 0 spiro atoms. The first-order valence-corrected chi connectivity index (χ1v) is 9.52. The fraction of sp³-hybridized carbons (Fsp3) is 0.895. The Morgan fingerprint density at radius 1 is 0.957 bits per heavy atom. The fourth-order valence-electron chi connectivity index (χ4n) is 5.45. The average molecular weight is 320 g/mol. The Morgan fingerprint density at radius 3 is 2.04 bits per heavy atom. The molecule has 0 unspecified atom stereocenters. The monoisotopic (exact) mass is 320 g/mol. The van der Waals surface area contributed by atoms with Crippen LogP contribution in [0, 0.1) is 29.1 Å². The molecule has 0 aromatic carbocycles. The summed E-state index contributed by atoms with van der Waals surface area (Å²) in [5.41, 5.74) is -0.0944. The SMILES string of the molecule is CC(C)CCNC(=O)CCNC(=O)C12CC3CC(CC(C3)C1)C2. The molecule has 0 aromatic heterocycles. The molecule has 4 aliphatic rings. The summed E-state index contributed by atoms with van der Waals surface area (Å²) in [6.45, 7) is 5.52. The zero-order valence-electron chi connectivity index (χ0n) is 14.7. The van der Waals surface area contributed by atoms with Crippen molar-refractivity contribution in [2.45, 2.75) is 65.2 Å². The van der Waals surface area contributed by atoms with Gasteiger partial charge in [-0.2, -0.15) is 0 Å². The minimum absolute atomic E-state index is 0.0523. The van der Waals surface area contributed by atoms with Crippen molar-refractivity contribution in [2.75, 3.05) is 13.1 Å². The van der Waals surface area contributed by atoms with Gasteiger partial charge in [0.25, 0.3) is 0 Å². The van der Waals surface area contributed by atoms with Crippen LogP contribution in [0.25, 0.3) is 0 Å². The molecule has 0 aromatic rings. The van der Waals surface area contributed by atoms with E-state index in [-0.39, 0.29) is 17.2 Å². The van der Waals surface area contributed by atoms with Crippen LogP contribution in [0.4, 0.5) is 0 Å². The minimum atomic E-state index is -0.0944. The third kappa shape index (κ3) is 3.89. The van der Waals surface area contributed by atoms with Crippen LogP contribution in [0.5, 0.6) is 0 Å². The lowest BCUT2D eigenvalue weighted by Crippen LogP contribution is -2.53. The van der Waals surface area contributed by atoms with Crippen molar-refractivity contribution in [1.29, 1.82) is 0 Å². The summed E-state index contributed by atoms with van der Waals surface area (Å²) in [4.78, 5) is 24.5. The van der Waals surface area contributed by atoms with Gasteiger partial charge in [0.15, 0.2) is 0 Å². The second-order valence-electron chi connectivity index (χ2n) is 8.74. The first-order valence-electron chi connectivity index (χ1n) is 9.52. The standard InChI is InChI=1S/C19H32N2O2/c1-13(2)3-5-20-17(22)4-6-21-18(23)19-10-14-7-15(11-19)9-16(8-14)12-19/h13-16H,3-12H2,1-2H3,(H,20,22)(H,21,23). The third-order valence-corrected chi connectivity index (χ3v) is 6.20. The molecule has 4 aliphatic carbocycles. The molecule has 0 aliphatic heterocycles. The number of rotatable bonds is 7. The van der Waals surface area contributed by atoms with Gasteiger partial charge in [0.05, 0.1) is 0 Å². The molecule has 4 fully saturated rings. The van der Waals surface area contributed by atoms with E-state index in [9.17, 15) is 9.59 Å². The van der Waals surface area contributed by atoms with Crippen molar-refractivity contribution in [3.8, 4) is 0 Å². The summed E-state index contributed by atoms with van der Waals surface area (Å²) in [5.74, 6) is 3.23. The molecule has 2 amide bonds. The molecule has 4 heteroatoms. The topological polar surface area (TPSA) is 58.2 Å². The summed E-state index contributed by atoms with van der Waals surface area (Å²) in [7, 11) is 0. The zero-order valence-corrected chi connectivity index (χ0v) is 14.7. The lowest BCUT2D eigenvalue weighted by Gasteiger charge is -2.55. The van der Waals surface area contributed by atoms with Crippen LogP contribution in [-0.2, 0) is 9.59 Å². The van der Waals surface area contributed by atoms with Crippen LogP contribution in [0.2, 0.25) is 0 Å². The third-order valence-electron chi connectivity index (χ3n) is 6.20. The maximum Gasteiger partial charge on any atom is 0.226 e. The molecule has 0 atom stereocenters. The van der Waals surface area contributed by atoms with Gasteiger partial charge >= 0.3 is 0 Å². The van der Waals surface area contributed by atoms with Crippen LogP contribution in [0.3, 0.4) is 0 Å². The van der Waals surface area contributed by atoms with Crippen LogP contribution in [-0.4, -0.2) is 24.9 Å². The lowest BCUT2D eigenvalue weighted by molar-refractivity contribution is -0.146. The number of carbonyl (C=O) groups is 2. The summed E-state index contributed by atoms with van der Waals surface area (Å²) in [6.07, 6.45) is 8.73. The Balaban J connectivity index is 1.41. The van der Waals surface area contributed by atoms with Crippen LogP contribution < -0.4 is 10.6 Å². The molecule has 4 nitrogen and oxygen atoms in total. The van der Waals surface area contributed by atoms with Gasteiger partial charge in [0.2, 0.25) is 11.8 Å². The molecular weight excluding hydrogens is 288 g/mol. The number of hydrogen-bond donors (Lipinski definition) is 2. The van der Waals surface area contributed by atoms with Gasteiger partial charge in [-0.1, -0.05) is 13.8 Å². The van der Waals surface area contributed by atoms with Crippen molar-refractivity contribution in [3.05, 3.63) is 0 Å². The molecule has 2 N–H and O–H groups in total. The first-order chi connectivity index (χ1) is 11.0. The van der Waals surface area contributed by atoms with Crippen LogP contribution >= 0.6 is 0 Å². The quantitative estimate of drug-likeness (QED) is 0.758. The highest BCUT2D eigenvalue weighted by Gasteiger charge is 2.54. The normalized spacial score (nSPS) is 34.7. The lowest BCUT2D eigenvalue weighted by atomic mass is 9.49. The van der Waals surface area contributed by atoms with E-state index in [4.69, 9.17) is 0 Å². The Kier molecular flexibility index (Phi) is 4.98. The highest BCUT2D eigenvalue weighted by atomic mass is 16.2. The molecule has 0 radical (unpaired) electrons. The van der Waals surface area contributed by atoms with E-state index < -0.39 is 0 Å².